The van der Waals surface area contributed by atoms with Gasteiger partial charge in [0, 0.05) is 11.6 Å². The van der Waals surface area contributed by atoms with E-state index in [2.05, 4.69) is 10.1 Å². The van der Waals surface area contributed by atoms with Crippen molar-refractivity contribution in [3.63, 3.8) is 0 Å². The van der Waals surface area contributed by atoms with E-state index >= 15 is 0 Å². The van der Waals surface area contributed by atoms with Crippen LogP contribution in [0.5, 0.6) is 11.5 Å². The fourth-order valence-electron chi connectivity index (χ4n) is 4.13. The zero-order chi connectivity index (χ0) is 23.9. The van der Waals surface area contributed by atoms with Crippen molar-refractivity contribution in [1.82, 2.24) is 19.3 Å². The summed E-state index contributed by atoms with van der Waals surface area (Å²) in [6.07, 6.45) is 0. The monoisotopic (exact) mass is 468 g/mol. The molecule has 0 radical (unpaired) electrons. The molecule has 174 valence electrons. The number of benzene rings is 3. The Morgan fingerprint density at radius 2 is 1.63 bits per heavy atom. The maximum atomic E-state index is 13.6. The number of hydrogen-bond donors (Lipinski definition) is 0. The normalized spacial score (nSPS) is 12.4. The fraction of sp³-hybridized carbons (Fsp3) is 0.154. The molecule has 9 heteroatoms. The van der Waals surface area contributed by atoms with Crippen molar-refractivity contribution >= 4 is 10.9 Å². The van der Waals surface area contributed by atoms with E-state index in [1.807, 2.05) is 61.5 Å². The number of ether oxygens (including phenoxy) is 2. The van der Waals surface area contributed by atoms with Gasteiger partial charge in [-0.15, -0.1) is 0 Å². The molecule has 3 aromatic carbocycles. The highest BCUT2D eigenvalue weighted by Crippen LogP contribution is 2.34. The van der Waals surface area contributed by atoms with Crippen molar-refractivity contribution in [2.24, 2.45) is 0 Å². The number of aromatic nitrogens is 4. The molecule has 9 nitrogen and oxygen atoms in total. The number of nitrogens with zero attached hydrogens (tertiary/aromatic N) is 4. The van der Waals surface area contributed by atoms with Crippen molar-refractivity contribution in [2.45, 2.75) is 20.0 Å². The number of rotatable bonds is 5. The van der Waals surface area contributed by atoms with Crippen LogP contribution < -0.4 is 20.7 Å². The van der Waals surface area contributed by atoms with Gasteiger partial charge in [-0.1, -0.05) is 65.3 Å². The zero-order valence-electron chi connectivity index (χ0n) is 18.8. The minimum atomic E-state index is -0.485. The molecule has 5 aromatic rings. The number of hydrogen-bond acceptors (Lipinski definition) is 7. The fourth-order valence-corrected chi connectivity index (χ4v) is 4.13. The maximum Gasteiger partial charge on any atom is 0.332 e. The van der Waals surface area contributed by atoms with E-state index in [9.17, 15) is 9.59 Å². The highest BCUT2D eigenvalue weighted by molar-refractivity contribution is 5.82. The van der Waals surface area contributed by atoms with E-state index in [0.29, 0.717) is 28.2 Å². The second kappa shape index (κ2) is 8.28. The van der Waals surface area contributed by atoms with E-state index in [1.165, 1.54) is 0 Å². The van der Waals surface area contributed by atoms with Crippen LogP contribution in [-0.4, -0.2) is 26.1 Å². The third kappa shape index (κ3) is 3.76. The molecule has 35 heavy (non-hydrogen) atoms. The summed E-state index contributed by atoms with van der Waals surface area (Å²) < 4.78 is 19.0. The number of aryl methyl sites for hydroxylation is 1. The zero-order valence-corrected chi connectivity index (χ0v) is 18.8. The largest absolute Gasteiger partial charge is 0.454 e. The summed E-state index contributed by atoms with van der Waals surface area (Å²) in [5, 5.41) is 4.34. The van der Waals surface area contributed by atoms with Gasteiger partial charge in [0.05, 0.1) is 17.4 Å². The van der Waals surface area contributed by atoms with Crippen LogP contribution in [0.2, 0.25) is 0 Å². The smallest absolute Gasteiger partial charge is 0.332 e. The van der Waals surface area contributed by atoms with E-state index in [1.54, 1.807) is 16.7 Å². The first-order valence-electron chi connectivity index (χ1n) is 11.1. The summed E-state index contributed by atoms with van der Waals surface area (Å²) in [4.78, 5) is 31.5. The van der Waals surface area contributed by atoms with Crippen molar-refractivity contribution in [3.05, 3.63) is 105 Å². The molecule has 1 aliphatic heterocycles. The van der Waals surface area contributed by atoms with Gasteiger partial charge >= 0.3 is 5.69 Å². The van der Waals surface area contributed by atoms with Crippen LogP contribution in [0.15, 0.2) is 80.8 Å². The van der Waals surface area contributed by atoms with Gasteiger partial charge in [-0.05, 0) is 18.6 Å². The first-order valence-corrected chi connectivity index (χ1v) is 11.1. The Morgan fingerprint density at radius 3 is 2.40 bits per heavy atom. The molecule has 0 saturated carbocycles. The molecule has 6 rings (SSSR count). The standard InChI is InChI=1S/C26H20N4O5/c1-16-7-9-17(10-8-16)13-29-20-12-22-21(33-15-34-22)11-19(20)25(31)30(26(29)32)14-23-27-24(28-35-23)18-5-3-2-4-6-18/h2-12H,13-15H2,1H3. The van der Waals surface area contributed by atoms with E-state index in [-0.39, 0.29) is 25.8 Å². The first-order chi connectivity index (χ1) is 17.1. The average molecular weight is 468 g/mol. The molecular weight excluding hydrogens is 448 g/mol. The molecule has 0 saturated heterocycles. The minimum absolute atomic E-state index is 0.0618. The molecular formula is C26H20N4O5. The highest BCUT2D eigenvalue weighted by Gasteiger charge is 2.22. The second-order valence-electron chi connectivity index (χ2n) is 8.35. The van der Waals surface area contributed by atoms with E-state index in [0.717, 1.165) is 21.3 Å². The molecule has 0 fully saturated rings. The summed E-state index contributed by atoms with van der Waals surface area (Å²) in [6, 6.07) is 20.5. The van der Waals surface area contributed by atoms with E-state index in [4.69, 9.17) is 14.0 Å². The highest BCUT2D eigenvalue weighted by atomic mass is 16.7. The van der Waals surface area contributed by atoms with Crippen LogP contribution in [0.4, 0.5) is 0 Å². The number of fused-ring (bicyclic) bond motifs is 2. The van der Waals surface area contributed by atoms with E-state index < -0.39 is 11.2 Å². The topological polar surface area (TPSA) is 101 Å². The second-order valence-corrected chi connectivity index (χ2v) is 8.35. The lowest BCUT2D eigenvalue weighted by atomic mass is 10.1. The Hall–Kier alpha value is -4.66. The minimum Gasteiger partial charge on any atom is -0.454 e. The Labute approximate surface area is 198 Å². The van der Waals surface area contributed by atoms with Crippen LogP contribution in [0.3, 0.4) is 0 Å². The first kappa shape index (κ1) is 20.9. The van der Waals surface area contributed by atoms with Crippen molar-refractivity contribution in [3.8, 4) is 22.9 Å². The molecule has 0 atom stereocenters. The van der Waals surface area contributed by atoms with Crippen LogP contribution in [-0.2, 0) is 13.1 Å². The Balaban J connectivity index is 1.48. The molecule has 0 amide bonds. The molecule has 0 bridgehead atoms. The van der Waals surface area contributed by atoms with Gasteiger partial charge in [0.25, 0.3) is 5.56 Å². The average Bonchev–Trinajstić information content (AvgIpc) is 3.54. The predicted octanol–water partition coefficient (Wildman–Crippen LogP) is 3.35. The SMILES string of the molecule is Cc1ccc(Cn2c(=O)n(Cc3nc(-c4ccccc4)no3)c(=O)c3cc4c(cc32)OCO4)cc1. The lowest BCUT2D eigenvalue weighted by Crippen LogP contribution is -2.40. The van der Waals surface area contributed by atoms with Crippen LogP contribution >= 0.6 is 0 Å². The Bertz CT molecular complexity index is 1670. The molecule has 0 aliphatic carbocycles. The summed E-state index contributed by atoms with van der Waals surface area (Å²) in [5.74, 6) is 1.50. The van der Waals surface area contributed by atoms with Gasteiger partial charge in [0.2, 0.25) is 18.5 Å². The van der Waals surface area contributed by atoms with Gasteiger partial charge in [-0.2, -0.15) is 4.98 Å². The predicted molar refractivity (Wildman–Crippen MR) is 128 cm³/mol. The maximum absolute atomic E-state index is 13.6. The lowest BCUT2D eigenvalue weighted by Gasteiger charge is -2.14. The third-order valence-electron chi connectivity index (χ3n) is 5.97. The van der Waals surface area contributed by atoms with Crippen LogP contribution in [0.1, 0.15) is 17.0 Å². The summed E-state index contributed by atoms with van der Waals surface area (Å²) in [7, 11) is 0. The quantitative estimate of drug-likeness (QED) is 0.390. The molecule has 0 spiro atoms. The molecule has 0 unspecified atom stereocenters. The summed E-state index contributed by atoms with van der Waals surface area (Å²) >= 11 is 0. The molecule has 0 N–H and O–H groups in total. The molecule has 1 aliphatic rings. The van der Waals surface area contributed by atoms with Gasteiger partial charge in [-0.3, -0.25) is 13.9 Å². The van der Waals surface area contributed by atoms with Crippen LogP contribution in [0.25, 0.3) is 22.3 Å². The van der Waals surface area contributed by atoms with Crippen molar-refractivity contribution in [1.29, 1.82) is 0 Å². The van der Waals surface area contributed by atoms with Gasteiger partial charge in [-0.25, -0.2) is 4.79 Å². The molecule has 3 heterocycles. The Morgan fingerprint density at radius 1 is 0.886 bits per heavy atom. The van der Waals surface area contributed by atoms with Crippen molar-refractivity contribution in [2.75, 3.05) is 6.79 Å². The van der Waals surface area contributed by atoms with Crippen LogP contribution in [0, 0.1) is 6.92 Å². The third-order valence-corrected chi connectivity index (χ3v) is 5.97. The molecule has 2 aromatic heterocycles. The summed E-state index contributed by atoms with van der Waals surface area (Å²) in [5.41, 5.74) is 2.33. The van der Waals surface area contributed by atoms with Crippen molar-refractivity contribution < 1.29 is 14.0 Å². The van der Waals surface area contributed by atoms with Gasteiger partial charge in [0.1, 0.15) is 6.54 Å². The summed E-state index contributed by atoms with van der Waals surface area (Å²) in [6.45, 7) is 2.18. The van der Waals surface area contributed by atoms with Gasteiger partial charge < -0.3 is 14.0 Å². The Kier molecular flexibility index (Phi) is 4.95. The van der Waals surface area contributed by atoms with Gasteiger partial charge in [0.15, 0.2) is 11.5 Å². The lowest BCUT2D eigenvalue weighted by molar-refractivity contribution is 0.174.